The number of likely N-dealkylation sites (tertiary alicyclic amines) is 3. The van der Waals surface area contributed by atoms with Crippen LogP contribution in [0.3, 0.4) is 0 Å². The number of nitrogens with two attached hydrogens (primary N) is 1. The first-order chi connectivity index (χ1) is 10.1. The molecular formula is C17H34N4. The third-order valence-electron chi connectivity index (χ3n) is 6.49. The summed E-state index contributed by atoms with van der Waals surface area (Å²) in [6.07, 6.45) is 5.39. The minimum Gasteiger partial charge on any atom is -0.329 e. The van der Waals surface area contributed by atoms with E-state index in [9.17, 15) is 0 Å². The summed E-state index contributed by atoms with van der Waals surface area (Å²) in [5.74, 6) is 0.869. The first-order valence-corrected chi connectivity index (χ1v) is 8.95. The molecule has 3 atom stereocenters. The molecule has 3 rings (SSSR count). The van der Waals surface area contributed by atoms with Crippen molar-refractivity contribution in [2.45, 2.75) is 57.2 Å². The molecule has 4 heteroatoms. The van der Waals surface area contributed by atoms with Crippen LogP contribution in [-0.4, -0.2) is 78.6 Å². The molecule has 0 aromatic rings. The standard InChI is InChI=1S/C17H34N4/c1-14(2)20-10-7-17(12-18,13-20)21-9-6-16-15(11-21)5-4-8-19(16)3/h14-16H,4-13,18H2,1-3H3. The lowest BCUT2D eigenvalue weighted by molar-refractivity contribution is -0.0118. The van der Waals surface area contributed by atoms with Crippen LogP contribution in [0.1, 0.15) is 39.5 Å². The second-order valence-electron chi connectivity index (χ2n) is 7.93. The van der Waals surface area contributed by atoms with E-state index in [1.807, 2.05) is 0 Å². The van der Waals surface area contributed by atoms with Gasteiger partial charge in [-0.1, -0.05) is 0 Å². The summed E-state index contributed by atoms with van der Waals surface area (Å²) < 4.78 is 0. The lowest BCUT2D eigenvalue weighted by atomic mass is 9.81. The molecule has 0 aliphatic carbocycles. The average molecular weight is 294 g/mol. The molecule has 0 radical (unpaired) electrons. The average Bonchev–Trinajstić information content (AvgIpc) is 2.93. The maximum absolute atomic E-state index is 6.28. The zero-order valence-electron chi connectivity index (χ0n) is 14.2. The third kappa shape index (κ3) is 2.88. The summed E-state index contributed by atoms with van der Waals surface area (Å²) in [6.45, 7) is 11.7. The van der Waals surface area contributed by atoms with Crippen molar-refractivity contribution in [1.29, 1.82) is 0 Å². The lowest BCUT2D eigenvalue weighted by Crippen LogP contribution is -2.62. The van der Waals surface area contributed by atoms with Gasteiger partial charge in [-0.25, -0.2) is 0 Å². The Bertz CT molecular complexity index is 359. The smallest absolute Gasteiger partial charge is 0.0470 e. The first-order valence-electron chi connectivity index (χ1n) is 8.95. The fourth-order valence-corrected chi connectivity index (χ4v) is 4.97. The molecule has 3 heterocycles. The molecule has 21 heavy (non-hydrogen) atoms. The Morgan fingerprint density at radius 1 is 1.19 bits per heavy atom. The van der Waals surface area contributed by atoms with Crippen LogP contribution in [0.4, 0.5) is 0 Å². The van der Waals surface area contributed by atoms with Gasteiger partial charge in [0.25, 0.3) is 0 Å². The Morgan fingerprint density at radius 3 is 2.67 bits per heavy atom. The van der Waals surface area contributed by atoms with E-state index in [1.165, 1.54) is 58.4 Å². The highest BCUT2D eigenvalue weighted by atomic mass is 15.3. The van der Waals surface area contributed by atoms with Crippen LogP contribution in [0, 0.1) is 5.92 Å². The van der Waals surface area contributed by atoms with Crippen LogP contribution in [0.2, 0.25) is 0 Å². The Kier molecular flexibility index (Phi) is 4.60. The summed E-state index contributed by atoms with van der Waals surface area (Å²) in [5.41, 5.74) is 6.53. The predicted molar refractivity (Wildman–Crippen MR) is 88.4 cm³/mol. The highest BCUT2D eigenvalue weighted by Gasteiger charge is 2.46. The van der Waals surface area contributed by atoms with Gasteiger partial charge in [-0.05, 0) is 59.0 Å². The molecule has 0 spiro atoms. The van der Waals surface area contributed by atoms with E-state index in [4.69, 9.17) is 5.73 Å². The molecule has 4 nitrogen and oxygen atoms in total. The molecule has 3 saturated heterocycles. The number of piperidine rings is 2. The fraction of sp³-hybridized carbons (Fsp3) is 1.00. The van der Waals surface area contributed by atoms with Gasteiger partial charge in [0.1, 0.15) is 0 Å². The van der Waals surface area contributed by atoms with Crippen molar-refractivity contribution in [3.63, 3.8) is 0 Å². The Labute approximate surface area is 130 Å². The van der Waals surface area contributed by atoms with Crippen LogP contribution in [0.25, 0.3) is 0 Å². The van der Waals surface area contributed by atoms with E-state index in [0.29, 0.717) is 6.04 Å². The molecule has 0 saturated carbocycles. The predicted octanol–water partition coefficient (Wildman–Crippen LogP) is 1.21. The van der Waals surface area contributed by atoms with Gasteiger partial charge < -0.3 is 10.6 Å². The Balaban J connectivity index is 1.69. The van der Waals surface area contributed by atoms with Crippen molar-refractivity contribution in [1.82, 2.24) is 14.7 Å². The minimum atomic E-state index is 0.255. The van der Waals surface area contributed by atoms with E-state index in [1.54, 1.807) is 0 Å². The molecule has 3 aliphatic heterocycles. The van der Waals surface area contributed by atoms with Gasteiger partial charge in [0, 0.05) is 50.3 Å². The van der Waals surface area contributed by atoms with Crippen molar-refractivity contribution in [2.24, 2.45) is 11.7 Å². The van der Waals surface area contributed by atoms with E-state index in [0.717, 1.165) is 18.5 Å². The lowest BCUT2D eigenvalue weighted by Gasteiger charge is -2.51. The van der Waals surface area contributed by atoms with E-state index >= 15 is 0 Å². The molecule has 0 bridgehead atoms. The van der Waals surface area contributed by atoms with Crippen molar-refractivity contribution < 1.29 is 0 Å². The largest absolute Gasteiger partial charge is 0.329 e. The Morgan fingerprint density at radius 2 is 2.00 bits per heavy atom. The minimum absolute atomic E-state index is 0.255. The van der Waals surface area contributed by atoms with Gasteiger partial charge in [-0.3, -0.25) is 9.80 Å². The summed E-state index contributed by atoms with van der Waals surface area (Å²) in [7, 11) is 2.32. The summed E-state index contributed by atoms with van der Waals surface area (Å²) in [4.78, 5) is 8.00. The maximum Gasteiger partial charge on any atom is 0.0470 e. The monoisotopic (exact) mass is 294 g/mol. The second-order valence-corrected chi connectivity index (χ2v) is 7.93. The van der Waals surface area contributed by atoms with E-state index < -0.39 is 0 Å². The molecule has 0 aromatic carbocycles. The molecule has 0 amide bonds. The molecule has 3 fully saturated rings. The molecule has 2 N–H and O–H groups in total. The van der Waals surface area contributed by atoms with Gasteiger partial charge in [0.15, 0.2) is 0 Å². The highest BCUT2D eigenvalue weighted by molar-refractivity contribution is 5.04. The van der Waals surface area contributed by atoms with Crippen molar-refractivity contribution >= 4 is 0 Å². The second kappa shape index (κ2) is 6.15. The first kappa shape index (κ1) is 15.7. The zero-order chi connectivity index (χ0) is 15.0. The van der Waals surface area contributed by atoms with Crippen LogP contribution in [-0.2, 0) is 0 Å². The maximum atomic E-state index is 6.28. The number of hydrogen-bond acceptors (Lipinski definition) is 4. The number of fused-ring (bicyclic) bond motifs is 1. The quantitative estimate of drug-likeness (QED) is 0.849. The summed E-state index contributed by atoms with van der Waals surface area (Å²) in [5, 5.41) is 0. The van der Waals surface area contributed by atoms with Gasteiger partial charge in [0.2, 0.25) is 0 Å². The topological polar surface area (TPSA) is 35.7 Å². The number of rotatable bonds is 3. The van der Waals surface area contributed by atoms with Gasteiger partial charge >= 0.3 is 0 Å². The van der Waals surface area contributed by atoms with Crippen molar-refractivity contribution in [2.75, 3.05) is 46.3 Å². The Hall–Kier alpha value is -0.160. The van der Waals surface area contributed by atoms with Crippen molar-refractivity contribution in [3.8, 4) is 0 Å². The molecule has 0 aromatic heterocycles. The van der Waals surface area contributed by atoms with E-state index in [2.05, 4.69) is 35.6 Å². The third-order valence-corrected chi connectivity index (χ3v) is 6.49. The zero-order valence-corrected chi connectivity index (χ0v) is 14.2. The van der Waals surface area contributed by atoms with Gasteiger partial charge in [-0.2, -0.15) is 0 Å². The molecule has 122 valence electrons. The SMILES string of the molecule is CC(C)N1CCC(CN)(N2CCC3C(CCCN3C)C2)C1. The van der Waals surface area contributed by atoms with Crippen LogP contribution in [0.15, 0.2) is 0 Å². The number of hydrogen-bond donors (Lipinski definition) is 1. The van der Waals surface area contributed by atoms with Crippen LogP contribution in [0.5, 0.6) is 0 Å². The van der Waals surface area contributed by atoms with Crippen LogP contribution >= 0.6 is 0 Å². The molecule has 3 unspecified atom stereocenters. The summed E-state index contributed by atoms with van der Waals surface area (Å²) >= 11 is 0. The molecular weight excluding hydrogens is 260 g/mol. The van der Waals surface area contributed by atoms with Crippen LogP contribution < -0.4 is 5.73 Å². The fourth-order valence-electron chi connectivity index (χ4n) is 4.97. The highest BCUT2D eigenvalue weighted by Crippen LogP contribution is 2.36. The van der Waals surface area contributed by atoms with E-state index in [-0.39, 0.29) is 5.54 Å². The normalized spacial score (nSPS) is 39.9. The number of nitrogens with zero attached hydrogens (tertiary/aromatic N) is 3. The molecule has 3 aliphatic rings. The van der Waals surface area contributed by atoms with Gasteiger partial charge in [0.05, 0.1) is 0 Å². The summed E-state index contributed by atoms with van der Waals surface area (Å²) in [6, 6.07) is 1.48. The van der Waals surface area contributed by atoms with Gasteiger partial charge in [-0.15, -0.1) is 0 Å². The van der Waals surface area contributed by atoms with Crippen molar-refractivity contribution in [3.05, 3.63) is 0 Å².